The number of alkyl halides is 3. The summed E-state index contributed by atoms with van der Waals surface area (Å²) in [4.78, 5) is 12.2. The highest BCUT2D eigenvalue weighted by Crippen LogP contribution is 2.23. The summed E-state index contributed by atoms with van der Waals surface area (Å²) in [5.74, 6) is 0.268. The Morgan fingerprint density at radius 2 is 1.81 bits per heavy atom. The number of hydrogen-bond acceptors (Lipinski definition) is 3. The van der Waals surface area contributed by atoms with Crippen LogP contribution in [-0.4, -0.2) is 25.7 Å². The first-order valence-corrected chi connectivity index (χ1v) is 7.89. The molecule has 0 saturated carbocycles. The van der Waals surface area contributed by atoms with E-state index in [-0.39, 0.29) is 12.4 Å². The van der Waals surface area contributed by atoms with Gasteiger partial charge in [0, 0.05) is 11.1 Å². The van der Waals surface area contributed by atoms with Crippen molar-refractivity contribution in [3.05, 3.63) is 70.8 Å². The van der Waals surface area contributed by atoms with Crippen LogP contribution in [0.3, 0.4) is 0 Å². The van der Waals surface area contributed by atoms with Gasteiger partial charge in [0.1, 0.15) is 12.4 Å². The number of hydrogen-bond donors (Lipinski definition) is 0. The lowest BCUT2D eigenvalue weighted by Gasteiger charge is -2.11. The number of aryl methyl sites for hydroxylation is 1. The Bertz CT molecular complexity index is 778. The molecular formula is C20H19F3O3. The molecule has 0 aliphatic rings. The molecular weight excluding hydrogens is 345 g/mol. The van der Waals surface area contributed by atoms with Crippen molar-refractivity contribution in [3.8, 4) is 5.75 Å². The number of carbonyl (C=O) groups is 1. The van der Waals surface area contributed by atoms with Gasteiger partial charge in [-0.2, -0.15) is 13.2 Å². The molecule has 26 heavy (non-hydrogen) atoms. The molecule has 138 valence electrons. The van der Waals surface area contributed by atoms with E-state index in [0.29, 0.717) is 22.4 Å². The van der Waals surface area contributed by atoms with Crippen LogP contribution in [0.15, 0.2) is 48.5 Å². The number of carbonyl (C=O) groups excluding carboxylic acids is 1. The van der Waals surface area contributed by atoms with Gasteiger partial charge in [0.05, 0.1) is 13.7 Å². The van der Waals surface area contributed by atoms with Gasteiger partial charge in [-0.25, -0.2) is 0 Å². The summed E-state index contributed by atoms with van der Waals surface area (Å²) in [5.41, 5.74) is 2.76. The summed E-state index contributed by atoms with van der Waals surface area (Å²) in [7, 11) is 1.43. The molecule has 0 unspecified atom stereocenters. The molecule has 0 atom stereocenters. The Morgan fingerprint density at radius 1 is 1.12 bits per heavy atom. The molecule has 0 aliphatic carbocycles. The standard InChI is InChI=1S/C20H19F3O3/c1-14-3-7-16(8-4-14)18(24)9-5-15-6-10-19(25-2)17(11-15)12-26-13-20(21,22)23/h3-11H,12-13H2,1-2H3/b9-5+. The SMILES string of the molecule is COc1ccc(/C=C/C(=O)c2ccc(C)cc2)cc1COCC(F)(F)F. The summed E-state index contributed by atoms with van der Waals surface area (Å²) < 4.78 is 46.5. The molecule has 2 aromatic rings. The number of ketones is 1. The molecule has 0 radical (unpaired) electrons. The summed E-state index contributed by atoms with van der Waals surface area (Å²) >= 11 is 0. The Hall–Kier alpha value is -2.60. The van der Waals surface area contributed by atoms with Gasteiger partial charge in [-0.1, -0.05) is 42.0 Å². The Morgan fingerprint density at radius 3 is 2.42 bits per heavy atom. The average molecular weight is 364 g/mol. The number of benzene rings is 2. The Balaban J connectivity index is 2.10. The first-order valence-electron chi connectivity index (χ1n) is 7.89. The predicted octanol–water partition coefficient (Wildman–Crippen LogP) is 4.98. The molecule has 0 aliphatic heterocycles. The fourth-order valence-electron chi connectivity index (χ4n) is 2.28. The molecule has 6 heteroatoms. The highest BCUT2D eigenvalue weighted by molar-refractivity contribution is 6.06. The van der Waals surface area contributed by atoms with Crippen LogP contribution in [0.1, 0.15) is 27.0 Å². The highest BCUT2D eigenvalue weighted by atomic mass is 19.4. The van der Waals surface area contributed by atoms with Gasteiger partial charge in [0.2, 0.25) is 0 Å². The van der Waals surface area contributed by atoms with Crippen molar-refractivity contribution in [2.45, 2.75) is 19.7 Å². The van der Waals surface area contributed by atoms with E-state index in [0.717, 1.165) is 5.56 Å². The first-order chi connectivity index (χ1) is 12.3. The Kier molecular flexibility index (Phi) is 6.58. The molecule has 0 aromatic heterocycles. The molecule has 0 bridgehead atoms. The lowest BCUT2D eigenvalue weighted by molar-refractivity contribution is -0.176. The zero-order valence-corrected chi connectivity index (χ0v) is 14.5. The van der Waals surface area contributed by atoms with E-state index in [9.17, 15) is 18.0 Å². The zero-order chi connectivity index (χ0) is 19.2. The molecule has 2 aromatic carbocycles. The van der Waals surface area contributed by atoms with Gasteiger partial charge in [0.15, 0.2) is 5.78 Å². The second-order valence-corrected chi connectivity index (χ2v) is 5.74. The van der Waals surface area contributed by atoms with Crippen LogP contribution in [-0.2, 0) is 11.3 Å². The number of allylic oxidation sites excluding steroid dienone is 1. The maximum Gasteiger partial charge on any atom is 0.411 e. The van der Waals surface area contributed by atoms with Crippen molar-refractivity contribution >= 4 is 11.9 Å². The summed E-state index contributed by atoms with van der Waals surface area (Å²) in [5, 5.41) is 0. The smallest absolute Gasteiger partial charge is 0.411 e. The van der Waals surface area contributed by atoms with Gasteiger partial charge in [-0.15, -0.1) is 0 Å². The van der Waals surface area contributed by atoms with Crippen LogP contribution >= 0.6 is 0 Å². The van der Waals surface area contributed by atoms with E-state index in [2.05, 4.69) is 0 Å². The fourth-order valence-corrected chi connectivity index (χ4v) is 2.28. The van der Waals surface area contributed by atoms with Crippen LogP contribution < -0.4 is 4.74 Å². The second-order valence-electron chi connectivity index (χ2n) is 5.74. The van der Waals surface area contributed by atoms with Crippen LogP contribution in [0.5, 0.6) is 5.75 Å². The third kappa shape index (κ3) is 6.04. The second kappa shape index (κ2) is 8.67. The zero-order valence-electron chi connectivity index (χ0n) is 14.5. The van der Waals surface area contributed by atoms with Gasteiger partial charge in [-0.3, -0.25) is 4.79 Å². The van der Waals surface area contributed by atoms with Crippen LogP contribution in [0, 0.1) is 6.92 Å². The monoisotopic (exact) mass is 364 g/mol. The largest absolute Gasteiger partial charge is 0.496 e. The van der Waals surface area contributed by atoms with E-state index in [1.165, 1.54) is 13.2 Å². The Labute approximate surface area is 150 Å². The van der Waals surface area contributed by atoms with E-state index in [1.807, 2.05) is 19.1 Å². The minimum Gasteiger partial charge on any atom is -0.496 e. The van der Waals surface area contributed by atoms with Gasteiger partial charge in [-0.05, 0) is 30.7 Å². The summed E-state index contributed by atoms with van der Waals surface area (Å²) in [6.45, 7) is 0.363. The lowest BCUT2D eigenvalue weighted by atomic mass is 10.1. The number of ether oxygens (including phenoxy) is 2. The van der Waals surface area contributed by atoms with Crippen molar-refractivity contribution in [2.24, 2.45) is 0 Å². The molecule has 0 heterocycles. The van der Waals surface area contributed by atoms with Crippen molar-refractivity contribution in [1.82, 2.24) is 0 Å². The van der Waals surface area contributed by atoms with Crippen molar-refractivity contribution in [3.63, 3.8) is 0 Å². The average Bonchev–Trinajstić information content (AvgIpc) is 2.59. The molecule has 2 rings (SSSR count). The fraction of sp³-hybridized carbons (Fsp3) is 0.250. The normalized spacial score (nSPS) is 11.7. The van der Waals surface area contributed by atoms with Crippen molar-refractivity contribution in [1.29, 1.82) is 0 Å². The van der Waals surface area contributed by atoms with Crippen LogP contribution in [0.4, 0.5) is 13.2 Å². The molecule has 3 nitrogen and oxygen atoms in total. The molecule has 0 amide bonds. The molecule has 0 N–H and O–H groups in total. The van der Waals surface area contributed by atoms with Crippen molar-refractivity contribution in [2.75, 3.05) is 13.7 Å². The van der Waals surface area contributed by atoms with Gasteiger partial charge < -0.3 is 9.47 Å². The minimum absolute atomic E-state index is 0.157. The molecule has 0 saturated heterocycles. The number of rotatable bonds is 7. The highest BCUT2D eigenvalue weighted by Gasteiger charge is 2.27. The van der Waals surface area contributed by atoms with Crippen molar-refractivity contribution < 1.29 is 27.4 Å². The maximum atomic E-state index is 12.2. The van der Waals surface area contributed by atoms with E-state index in [4.69, 9.17) is 9.47 Å². The first kappa shape index (κ1) is 19.7. The minimum atomic E-state index is -4.38. The summed E-state index contributed by atoms with van der Waals surface area (Å²) in [6.07, 6.45) is -1.35. The van der Waals surface area contributed by atoms with Gasteiger partial charge in [0.25, 0.3) is 0 Å². The summed E-state index contributed by atoms with van der Waals surface area (Å²) in [6, 6.07) is 12.2. The number of halogens is 3. The van der Waals surface area contributed by atoms with E-state index in [1.54, 1.807) is 36.4 Å². The topological polar surface area (TPSA) is 35.5 Å². The van der Waals surface area contributed by atoms with Gasteiger partial charge >= 0.3 is 6.18 Å². The number of methoxy groups -OCH3 is 1. The lowest BCUT2D eigenvalue weighted by Crippen LogP contribution is -2.16. The third-order valence-electron chi connectivity index (χ3n) is 3.59. The maximum absolute atomic E-state index is 12.2. The van der Waals surface area contributed by atoms with E-state index < -0.39 is 12.8 Å². The predicted molar refractivity (Wildman–Crippen MR) is 93.2 cm³/mol. The third-order valence-corrected chi connectivity index (χ3v) is 3.59. The molecule has 0 fully saturated rings. The molecule has 0 spiro atoms. The van der Waals surface area contributed by atoms with Crippen LogP contribution in [0.25, 0.3) is 6.08 Å². The van der Waals surface area contributed by atoms with Crippen LogP contribution in [0.2, 0.25) is 0 Å². The van der Waals surface area contributed by atoms with E-state index >= 15 is 0 Å². The quantitative estimate of drug-likeness (QED) is 0.514.